The predicted molar refractivity (Wildman–Crippen MR) is 120 cm³/mol. The minimum atomic E-state index is -2.05. The summed E-state index contributed by atoms with van der Waals surface area (Å²) in [5, 5.41) is 25.8. The fourth-order valence-electron chi connectivity index (χ4n) is 8.33. The molecule has 9 atom stereocenters. The van der Waals surface area contributed by atoms with Gasteiger partial charge in [0.2, 0.25) is 12.1 Å². The number of halogens is 1. The normalized spacial score (nSPS) is 44.1. The minimum absolute atomic E-state index is 0.199. The highest BCUT2D eigenvalue weighted by Gasteiger charge is 2.61. The molecule has 0 radical (unpaired) electrons. The van der Waals surface area contributed by atoms with Crippen molar-refractivity contribution < 1.29 is 24.2 Å². The molecule has 7 heteroatoms. The van der Waals surface area contributed by atoms with E-state index >= 15 is 0 Å². The van der Waals surface area contributed by atoms with Crippen molar-refractivity contribution in [2.45, 2.75) is 83.9 Å². The quantitative estimate of drug-likeness (QED) is 0.476. The lowest BCUT2D eigenvalue weighted by molar-refractivity contribution is -0.159. The van der Waals surface area contributed by atoms with E-state index in [2.05, 4.69) is 24.5 Å². The van der Waals surface area contributed by atoms with E-state index in [9.17, 15) is 19.1 Å². The average molecular weight is 453 g/mol. The summed E-state index contributed by atoms with van der Waals surface area (Å²) in [7, 11) is 0. The van der Waals surface area contributed by atoms with Crippen molar-refractivity contribution in [1.82, 2.24) is 10.6 Å². The second-order valence-electron chi connectivity index (χ2n) is 11.6. The van der Waals surface area contributed by atoms with Gasteiger partial charge in [0.1, 0.15) is 0 Å². The summed E-state index contributed by atoms with van der Waals surface area (Å²) in [5.74, 6) is 0.899. The van der Waals surface area contributed by atoms with E-state index in [1.54, 1.807) is 0 Å². The molecule has 1 saturated heterocycles. The monoisotopic (exact) mass is 452 g/mol. The lowest BCUT2D eigenvalue weighted by Crippen LogP contribution is -2.60. The average Bonchev–Trinajstić information content (AvgIpc) is 3.08. The highest BCUT2D eigenvalue weighted by Crippen LogP contribution is 2.66. The molecule has 1 aliphatic heterocycles. The maximum absolute atomic E-state index is 13.1. The maximum Gasteiger partial charge on any atom is 0.340 e. The number of amides is 1. The summed E-state index contributed by atoms with van der Waals surface area (Å²) in [5.41, 5.74) is 0.568. The summed E-state index contributed by atoms with van der Waals surface area (Å²) < 4.78 is 13.1. The number of aliphatic hydroxyl groups excluding tert-OH is 1. The molecule has 32 heavy (non-hydrogen) atoms. The Morgan fingerprint density at radius 3 is 2.66 bits per heavy atom. The molecule has 4 fully saturated rings. The lowest BCUT2D eigenvalue weighted by Gasteiger charge is -2.62. The summed E-state index contributed by atoms with van der Waals surface area (Å²) in [6.45, 7) is 6.58. The first-order valence-electron chi connectivity index (χ1n) is 12.7. The Kier molecular flexibility index (Phi) is 6.88. The van der Waals surface area contributed by atoms with Crippen LogP contribution >= 0.6 is 0 Å². The van der Waals surface area contributed by atoms with Crippen LogP contribution in [0.5, 0.6) is 0 Å². The van der Waals surface area contributed by atoms with Gasteiger partial charge in [0.25, 0.3) is 0 Å². The van der Waals surface area contributed by atoms with Gasteiger partial charge in [0, 0.05) is 6.42 Å². The van der Waals surface area contributed by atoms with Gasteiger partial charge >= 0.3 is 5.97 Å². The Balaban J connectivity index is 1.34. The molecule has 8 unspecified atom stereocenters. The van der Waals surface area contributed by atoms with Gasteiger partial charge in [-0.15, -0.1) is 0 Å². The second-order valence-corrected chi connectivity index (χ2v) is 11.6. The van der Waals surface area contributed by atoms with Gasteiger partial charge in [-0.2, -0.15) is 0 Å². The molecule has 0 bridgehead atoms. The third-order valence-corrected chi connectivity index (χ3v) is 10.2. The van der Waals surface area contributed by atoms with Crippen LogP contribution < -0.4 is 10.6 Å². The van der Waals surface area contributed by atoms with Crippen molar-refractivity contribution in [2.24, 2.45) is 40.4 Å². The lowest BCUT2D eigenvalue weighted by atomic mass is 9.45. The van der Waals surface area contributed by atoms with E-state index in [4.69, 9.17) is 5.11 Å². The molecule has 1 heterocycles. The molecular weight excluding hydrogens is 411 g/mol. The summed E-state index contributed by atoms with van der Waals surface area (Å²) in [4.78, 5) is 22.5. The number of piperidine rings is 1. The third kappa shape index (κ3) is 4.20. The highest BCUT2D eigenvalue weighted by atomic mass is 19.1. The van der Waals surface area contributed by atoms with Gasteiger partial charge in [-0.3, -0.25) is 4.79 Å². The number of aliphatic carboxylic acids is 1. The molecule has 0 aromatic carbocycles. The van der Waals surface area contributed by atoms with Crippen LogP contribution in [-0.4, -0.2) is 54.0 Å². The van der Waals surface area contributed by atoms with Crippen LogP contribution in [0.4, 0.5) is 4.39 Å². The molecule has 1 amide bonds. The molecule has 0 spiro atoms. The maximum atomic E-state index is 13.1. The van der Waals surface area contributed by atoms with Gasteiger partial charge in [-0.05, 0) is 105 Å². The Morgan fingerprint density at radius 1 is 1.16 bits per heavy atom. The fourth-order valence-corrected chi connectivity index (χ4v) is 8.33. The van der Waals surface area contributed by atoms with Crippen molar-refractivity contribution in [1.29, 1.82) is 0 Å². The van der Waals surface area contributed by atoms with Crippen LogP contribution in [0.15, 0.2) is 0 Å². The van der Waals surface area contributed by atoms with Crippen molar-refractivity contribution in [2.75, 3.05) is 19.6 Å². The van der Waals surface area contributed by atoms with Crippen LogP contribution in [0.25, 0.3) is 0 Å². The highest BCUT2D eigenvalue weighted by molar-refractivity contribution is 5.77. The number of carboxylic acids is 1. The molecule has 4 rings (SSSR count). The van der Waals surface area contributed by atoms with Crippen LogP contribution in [0.2, 0.25) is 0 Å². The van der Waals surface area contributed by atoms with Gasteiger partial charge < -0.3 is 20.8 Å². The summed E-state index contributed by atoms with van der Waals surface area (Å²) >= 11 is 0. The van der Waals surface area contributed by atoms with Gasteiger partial charge in [-0.25, -0.2) is 9.18 Å². The van der Waals surface area contributed by atoms with Crippen molar-refractivity contribution >= 4 is 11.9 Å². The van der Waals surface area contributed by atoms with E-state index in [-0.39, 0.29) is 17.4 Å². The van der Waals surface area contributed by atoms with Crippen molar-refractivity contribution in [3.63, 3.8) is 0 Å². The molecule has 6 nitrogen and oxygen atoms in total. The Bertz CT molecular complexity index is 720. The number of nitrogens with one attached hydrogen (secondary N) is 2. The first-order valence-corrected chi connectivity index (χ1v) is 12.7. The Hall–Kier alpha value is -1.21. The number of carboxylic acid groups (broad SMARTS) is 1. The number of carbonyl (C=O) groups excluding carboxylic acids is 1. The topological polar surface area (TPSA) is 98.7 Å². The number of hydrogen-bond acceptors (Lipinski definition) is 4. The first-order chi connectivity index (χ1) is 15.2. The zero-order chi connectivity index (χ0) is 23.1. The van der Waals surface area contributed by atoms with E-state index < -0.39 is 18.7 Å². The standard InChI is InChI=1S/C25H41FN2O4/c1-24-9-8-18-22(20(29)12-16-13-27-11-10-25(16,18)2)17(24)7-6-15(24)4-3-5-21(30)28-14-19(26)23(31)32/h15-20,22,27,29H,3-14H2,1-2H3,(H,28,30)(H,31,32)/t15?,16?,17?,18?,19?,20?,22-,24?,25?/m0/s1. The van der Waals surface area contributed by atoms with E-state index in [1.807, 2.05) is 0 Å². The molecular formula is C25H41FN2O4. The van der Waals surface area contributed by atoms with Crippen LogP contribution in [0, 0.1) is 40.4 Å². The number of carbonyl (C=O) groups is 2. The SMILES string of the molecule is CC12CCC3[C@@H](C(O)CC4CNCCC43C)C1CCC2CCCC(=O)NCC(F)C(=O)O. The molecule has 4 aliphatic rings. The van der Waals surface area contributed by atoms with E-state index in [0.717, 1.165) is 38.8 Å². The molecule has 3 aliphatic carbocycles. The molecule has 4 N–H and O–H groups in total. The van der Waals surface area contributed by atoms with Gasteiger partial charge in [0.05, 0.1) is 12.6 Å². The predicted octanol–water partition coefficient (Wildman–Crippen LogP) is 3.13. The smallest absolute Gasteiger partial charge is 0.340 e. The van der Waals surface area contributed by atoms with Crippen LogP contribution in [-0.2, 0) is 9.59 Å². The second kappa shape index (κ2) is 9.21. The summed E-state index contributed by atoms with van der Waals surface area (Å²) in [6, 6.07) is 0. The zero-order valence-electron chi connectivity index (χ0n) is 19.6. The Morgan fingerprint density at radius 2 is 1.91 bits per heavy atom. The minimum Gasteiger partial charge on any atom is -0.479 e. The van der Waals surface area contributed by atoms with E-state index in [0.29, 0.717) is 41.4 Å². The van der Waals surface area contributed by atoms with Crippen molar-refractivity contribution in [3.05, 3.63) is 0 Å². The first kappa shape index (κ1) is 23.9. The fraction of sp³-hybridized carbons (Fsp3) is 0.920. The number of alkyl halides is 1. The number of fused-ring (bicyclic) bond motifs is 5. The number of hydrogen-bond donors (Lipinski definition) is 4. The molecule has 0 aromatic heterocycles. The summed E-state index contributed by atoms with van der Waals surface area (Å²) in [6.07, 6.45) is 6.65. The van der Waals surface area contributed by atoms with Gasteiger partial charge in [-0.1, -0.05) is 13.8 Å². The van der Waals surface area contributed by atoms with Crippen LogP contribution in [0.3, 0.4) is 0 Å². The Labute approximate surface area is 191 Å². The van der Waals surface area contributed by atoms with Crippen LogP contribution in [0.1, 0.15) is 71.6 Å². The van der Waals surface area contributed by atoms with Gasteiger partial charge in [0.15, 0.2) is 0 Å². The molecule has 3 saturated carbocycles. The molecule has 182 valence electrons. The third-order valence-electron chi connectivity index (χ3n) is 10.2. The number of rotatable bonds is 7. The van der Waals surface area contributed by atoms with Crippen molar-refractivity contribution in [3.8, 4) is 0 Å². The largest absolute Gasteiger partial charge is 0.479 e. The molecule has 0 aromatic rings. The zero-order valence-corrected chi connectivity index (χ0v) is 19.6. The van der Waals surface area contributed by atoms with E-state index in [1.165, 1.54) is 25.7 Å². The number of aliphatic hydroxyl groups is 1.